The average Bonchev–Trinajstić information content (AvgIpc) is 2.85. The van der Waals surface area contributed by atoms with Crippen LogP contribution in [-0.2, 0) is 15.1 Å². The molecule has 0 saturated carbocycles. The molecule has 0 saturated heterocycles. The number of carbonyl (C=O) groups excluding carboxylic acids is 2. The van der Waals surface area contributed by atoms with Crippen molar-refractivity contribution in [2.24, 2.45) is 0 Å². The molecule has 0 fully saturated rings. The van der Waals surface area contributed by atoms with E-state index in [1.165, 1.54) is 7.11 Å². The van der Waals surface area contributed by atoms with Gasteiger partial charge in [-0.3, -0.25) is 4.79 Å². The van der Waals surface area contributed by atoms with E-state index in [2.05, 4.69) is 25.5 Å². The van der Waals surface area contributed by atoms with E-state index in [1.54, 1.807) is 17.5 Å². The Morgan fingerprint density at radius 3 is 2.56 bits per heavy atom. The lowest BCUT2D eigenvalue weighted by molar-refractivity contribution is -0.135. The van der Waals surface area contributed by atoms with Gasteiger partial charge < -0.3 is 9.30 Å². The van der Waals surface area contributed by atoms with Crippen molar-refractivity contribution in [3.8, 4) is 0 Å². The number of thiophene rings is 1. The van der Waals surface area contributed by atoms with E-state index in [1.807, 2.05) is 16.0 Å². The Morgan fingerprint density at radius 1 is 1.33 bits per heavy atom. The third-order valence-corrected chi connectivity index (χ3v) is 3.66. The van der Waals surface area contributed by atoms with Crippen LogP contribution in [0.4, 0.5) is 0 Å². The Labute approximate surface area is 109 Å². The fourth-order valence-corrected chi connectivity index (χ4v) is 2.91. The number of hydrogen-bond donors (Lipinski definition) is 0. The number of hydrogen-bond acceptors (Lipinski definition) is 4. The number of carbonyl (C=O) groups is 2. The van der Waals surface area contributed by atoms with Gasteiger partial charge in [0.05, 0.1) is 12.7 Å². The number of ketones is 1. The summed E-state index contributed by atoms with van der Waals surface area (Å²) in [5.74, 6) is -1.42. The van der Waals surface area contributed by atoms with Crippen molar-refractivity contribution in [2.45, 2.75) is 26.3 Å². The Balaban J connectivity index is 2.63. The van der Waals surface area contributed by atoms with Crippen LogP contribution in [0, 0.1) is 0 Å². The number of methoxy groups -OCH3 is 1. The summed E-state index contributed by atoms with van der Waals surface area (Å²) in [6.45, 7) is 6.16. The average molecular weight is 265 g/mol. The van der Waals surface area contributed by atoms with Crippen molar-refractivity contribution in [1.29, 1.82) is 0 Å². The Hall–Kier alpha value is -1.62. The van der Waals surface area contributed by atoms with Gasteiger partial charge in [0.15, 0.2) is 0 Å². The van der Waals surface area contributed by atoms with Crippen LogP contribution in [-0.4, -0.2) is 23.4 Å². The molecule has 2 aromatic rings. The van der Waals surface area contributed by atoms with Crippen molar-refractivity contribution in [2.75, 3.05) is 7.11 Å². The molecule has 0 aliphatic carbocycles. The summed E-state index contributed by atoms with van der Waals surface area (Å²) in [5, 5.41) is 2.73. The minimum absolute atomic E-state index is 0.141. The molecule has 0 N–H and O–H groups in total. The smallest absolute Gasteiger partial charge is 0.379 e. The SMILES string of the molecule is COC(=O)C(=O)c1cn(C(C)(C)C)c2sccc12. The molecule has 0 bridgehead atoms. The van der Waals surface area contributed by atoms with Gasteiger partial charge in [-0.2, -0.15) is 0 Å². The summed E-state index contributed by atoms with van der Waals surface area (Å²) in [7, 11) is 1.21. The zero-order chi connectivity index (χ0) is 13.5. The standard InChI is InChI=1S/C13H15NO3S/c1-13(2,3)14-7-9(10(15)12(16)17-4)8-5-6-18-11(8)14/h5-7H,1-4H3. The highest BCUT2D eigenvalue weighted by molar-refractivity contribution is 7.16. The largest absolute Gasteiger partial charge is 0.463 e. The van der Waals surface area contributed by atoms with Gasteiger partial charge in [0.2, 0.25) is 0 Å². The van der Waals surface area contributed by atoms with Crippen LogP contribution in [0.15, 0.2) is 17.6 Å². The summed E-state index contributed by atoms with van der Waals surface area (Å²) >= 11 is 1.56. The molecule has 5 heteroatoms. The van der Waals surface area contributed by atoms with Crippen LogP contribution in [0.3, 0.4) is 0 Å². The summed E-state index contributed by atoms with van der Waals surface area (Å²) in [4.78, 5) is 24.3. The molecular weight excluding hydrogens is 250 g/mol. The zero-order valence-electron chi connectivity index (χ0n) is 10.8. The quantitative estimate of drug-likeness (QED) is 0.476. The molecule has 4 nitrogen and oxygen atoms in total. The fourth-order valence-electron chi connectivity index (χ4n) is 1.83. The summed E-state index contributed by atoms with van der Waals surface area (Å²) in [6.07, 6.45) is 1.74. The predicted molar refractivity (Wildman–Crippen MR) is 71.2 cm³/mol. The van der Waals surface area contributed by atoms with Crippen molar-refractivity contribution in [3.63, 3.8) is 0 Å². The first kappa shape index (κ1) is 12.8. The highest BCUT2D eigenvalue weighted by Crippen LogP contribution is 2.31. The molecule has 0 atom stereocenters. The molecule has 2 rings (SSSR count). The van der Waals surface area contributed by atoms with Gasteiger partial charge in [0.25, 0.3) is 5.78 Å². The molecule has 18 heavy (non-hydrogen) atoms. The molecule has 0 aliphatic rings. The monoisotopic (exact) mass is 265 g/mol. The predicted octanol–water partition coefficient (Wildman–Crippen LogP) is 2.81. The molecule has 0 aromatic carbocycles. The number of ether oxygens (including phenoxy) is 1. The van der Waals surface area contributed by atoms with Gasteiger partial charge in [0, 0.05) is 17.1 Å². The lowest BCUT2D eigenvalue weighted by Crippen LogP contribution is -2.20. The van der Waals surface area contributed by atoms with Crippen LogP contribution in [0.25, 0.3) is 10.2 Å². The molecule has 2 heterocycles. The van der Waals surface area contributed by atoms with Gasteiger partial charge in [-0.05, 0) is 32.2 Å². The zero-order valence-corrected chi connectivity index (χ0v) is 11.6. The first-order valence-electron chi connectivity index (χ1n) is 5.58. The first-order valence-corrected chi connectivity index (χ1v) is 6.46. The number of esters is 1. The third-order valence-electron chi connectivity index (χ3n) is 2.75. The van der Waals surface area contributed by atoms with E-state index in [-0.39, 0.29) is 5.54 Å². The van der Waals surface area contributed by atoms with Crippen molar-refractivity contribution in [1.82, 2.24) is 4.57 Å². The maximum Gasteiger partial charge on any atom is 0.379 e. The minimum Gasteiger partial charge on any atom is -0.463 e. The maximum atomic E-state index is 11.9. The molecule has 0 spiro atoms. The van der Waals surface area contributed by atoms with Gasteiger partial charge in [-0.1, -0.05) is 0 Å². The Kier molecular flexibility index (Phi) is 3.02. The fraction of sp³-hybridized carbons (Fsp3) is 0.385. The second-order valence-corrected chi connectivity index (χ2v) is 5.94. The number of fused-ring (bicyclic) bond motifs is 1. The second-order valence-electron chi connectivity index (χ2n) is 5.04. The van der Waals surface area contributed by atoms with E-state index in [0.29, 0.717) is 5.56 Å². The van der Waals surface area contributed by atoms with Crippen LogP contribution < -0.4 is 0 Å². The topological polar surface area (TPSA) is 48.3 Å². The van der Waals surface area contributed by atoms with Crippen LogP contribution in [0.2, 0.25) is 0 Å². The van der Waals surface area contributed by atoms with E-state index in [0.717, 1.165) is 10.2 Å². The van der Waals surface area contributed by atoms with E-state index in [4.69, 9.17) is 0 Å². The third kappa shape index (κ3) is 1.95. The van der Waals surface area contributed by atoms with Crippen LogP contribution in [0.1, 0.15) is 31.1 Å². The molecule has 2 aromatic heterocycles. The van der Waals surface area contributed by atoms with Crippen molar-refractivity contribution < 1.29 is 14.3 Å². The van der Waals surface area contributed by atoms with E-state index >= 15 is 0 Å². The van der Waals surface area contributed by atoms with Crippen LogP contribution in [0.5, 0.6) is 0 Å². The lowest BCUT2D eigenvalue weighted by atomic mass is 10.1. The number of aromatic nitrogens is 1. The molecule has 96 valence electrons. The first-order chi connectivity index (χ1) is 8.36. The van der Waals surface area contributed by atoms with Gasteiger partial charge in [0.1, 0.15) is 4.83 Å². The van der Waals surface area contributed by atoms with Gasteiger partial charge >= 0.3 is 5.97 Å². The Bertz CT molecular complexity index is 616. The number of nitrogens with zero attached hydrogens (tertiary/aromatic N) is 1. The lowest BCUT2D eigenvalue weighted by Gasteiger charge is -2.21. The maximum absolute atomic E-state index is 11.9. The van der Waals surface area contributed by atoms with Crippen molar-refractivity contribution in [3.05, 3.63) is 23.2 Å². The summed E-state index contributed by atoms with van der Waals surface area (Å²) in [6, 6.07) is 1.86. The van der Waals surface area contributed by atoms with E-state index in [9.17, 15) is 9.59 Å². The van der Waals surface area contributed by atoms with E-state index < -0.39 is 11.8 Å². The molecular formula is C13H15NO3S. The summed E-state index contributed by atoms with van der Waals surface area (Å²) in [5.41, 5.74) is 0.269. The number of Topliss-reactive ketones (excluding diaryl/α,β-unsaturated/α-hetero) is 1. The van der Waals surface area contributed by atoms with Crippen LogP contribution >= 0.6 is 11.3 Å². The van der Waals surface area contributed by atoms with Gasteiger partial charge in [-0.25, -0.2) is 4.79 Å². The molecule has 0 radical (unpaired) electrons. The Morgan fingerprint density at radius 2 is 2.00 bits per heavy atom. The normalized spacial score (nSPS) is 11.8. The minimum atomic E-state index is -0.825. The number of rotatable bonds is 2. The molecule has 0 unspecified atom stereocenters. The molecule has 0 aliphatic heterocycles. The highest BCUT2D eigenvalue weighted by atomic mass is 32.1. The summed E-state index contributed by atoms with van der Waals surface area (Å²) < 4.78 is 6.51. The second kappa shape index (κ2) is 4.24. The van der Waals surface area contributed by atoms with Gasteiger partial charge in [-0.15, -0.1) is 11.3 Å². The van der Waals surface area contributed by atoms with Crippen molar-refractivity contribution >= 4 is 33.3 Å². The highest BCUT2D eigenvalue weighted by Gasteiger charge is 2.26. The molecule has 0 amide bonds.